The van der Waals surface area contributed by atoms with Crippen LogP contribution in [0, 0.1) is 5.82 Å². The second-order valence-electron chi connectivity index (χ2n) is 5.99. The van der Waals surface area contributed by atoms with Gasteiger partial charge in [-0.15, -0.1) is 0 Å². The van der Waals surface area contributed by atoms with Gasteiger partial charge in [0.1, 0.15) is 11.6 Å². The van der Waals surface area contributed by atoms with E-state index in [2.05, 4.69) is 0 Å². The van der Waals surface area contributed by atoms with Crippen LogP contribution in [0.5, 0.6) is 23.0 Å². The van der Waals surface area contributed by atoms with Crippen LogP contribution in [0.2, 0.25) is 0 Å². The summed E-state index contributed by atoms with van der Waals surface area (Å²) < 4.78 is 30.5. The number of methoxy groups -OCH3 is 3. The Kier molecular flexibility index (Phi) is 5.49. The molecule has 0 saturated heterocycles. The number of carbonyl (C=O) groups excluding carboxylic acids is 1. The molecule has 3 aromatic carbocycles. The summed E-state index contributed by atoms with van der Waals surface area (Å²) in [5.41, 5.74) is 1.32. The fourth-order valence-corrected chi connectivity index (χ4v) is 2.93. The van der Waals surface area contributed by atoms with E-state index in [1.165, 1.54) is 57.7 Å². The van der Waals surface area contributed by atoms with E-state index in [1.54, 1.807) is 18.2 Å². The molecule has 0 fully saturated rings. The fraction of sp³-hybridized carbons (Fsp3) is 0.136. The molecular weight excluding hydrogens is 363 g/mol. The van der Waals surface area contributed by atoms with Gasteiger partial charge in [-0.2, -0.15) is 0 Å². The summed E-state index contributed by atoms with van der Waals surface area (Å²) in [5.74, 6) is -0.139. The first kappa shape index (κ1) is 19.2. The molecule has 0 aliphatic rings. The van der Waals surface area contributed by atoms with Crippen molar-refractivity contribution in [2.45, 2.75) is 0 Å². The molecule has 0 aliphatic heterocycles. The van der Waals surface area contributed by atoms with Crippen LogP contribution in [-0.2, 0) is 0 Å². The van der Waals surface area contributed by atoms with Crippen molar-refractivity contribution < 1.29 is 28.5 Å². The van der Waals surface area contributed by atoms with Gasteiger partial charge >= 0.3 is 0 Å². The summed E-state index contributed by atoms with van der Waals surface area (Å²) >= 11 is 0. The number of halogens is 1. The van der Waals surface area contributed by atoms with Crippen LogP contribution < -0.4 is 14.2 Å². The highest BCUT2D eigenvalue weighted by atomic mass is 19.1. The lowest BCUT2D eigenvalue weighted by molar-refractivity contribution is 0.103. The third kappa shape index (κ3) is 3.62. The van der Waals surface area contributed by atoms with E-state index in [4.69, 9.17) is 14.2 Å². The van der Waals surface area contributed by atoms with E-state index in [-0.39, 0.29) is 16.9 Å². The number of benzene rings is 3. The van der Waals surface area contributed by atoms with E-state index >= 15 is 0 Å². The molecule has 0 atom stereocenters. The Morgan fingerprint density at radius 1 is 0.857 bits per heavy atom. The molecule has 28 heavy (non-hydrogen) atoms. The van der Waals surface area contributed by atoms with Gasteiger partial charge in [0.05, 0.1) is 26.9 Å². The maximum Gasteiger partial charge on any atom is 0.203 e. The zero-order chi connectivity index (χ0) is 20.3. The summed E-state index contributed by atoms with van der Waals surface area (Å²) in [6.07, 6.45) is 0. The van der Waals surface area contributed by atoms with Crippen molar-refractivity contribution in [2.24, 2.45) is 0 Å². The molecule has 6 heteroatoms. The molecule has 1 N–H and O–H groups in total. The summed E-state index contributed by atoms with van der Waals surface area (Å²) in [6, 6.07) is 13.7. The molecule has 0 bridgehead atoms. The van der Waals surface area contributed by atoms with Gasteiger partial charge in [-0.25, -0.2) is 4.39 Å². The minimum absolute atomic E-state index is 0.0792. The molecule has 5 nitrogen and oxygen atoms in total. The number of phenolic OH excluding ortho intramolecular Hbond substituents is 1. The second kappa shape index (κ2) is 8.00. The Balaban J connectivity index is 2.01. The van der Waals surface area contributed by atoms with Crippen LogP contribution in [-0.4, -0.2) is 32.2 Å². The number of carbonyl (C=O) groups is 1. The number of rotatable bonds is 6. The summed E-state index contributed by atoms with van der Waals surface area (Å²) in [7, 11) is 4.34. The zero-order valence-electron chi connectivity index (χ0n) is 15.7. The molecule has 0 spiro atoms. The van der Waals surface area contributed by atoms with Crippen LogP contribution in [0.1, 0.15) is 15.9 Å². The molecule has 3 rings (SSSR count). The van der Waals surface area contributed by atoms with E-state index in [0.717, 1.165) is 0 Å². The van der Waals surface area contributed by atoms with Crippen LogP contribution in [0.4, 0.5) is 4.39 Å². The molecule has 0 aliphatic carbocycles. The first-order valence-corrected chi connectivity index (χ1v) is 8.42. The summed E-state index contributed by atoms with van der Waals surface area (Å²) in [4.78, 5) is 12.9. The van der Waals surface area contributed by atoms with Gasteiger partial charge in [-0.3, -0.25) is 4.79 Å². The Labute approximate surface area is 161 Å². The highest BCUT2D eigenvalue weighted by Gasteiger charge is 2.20. The third-order valence-corrected chi connectivity index (χ3v) is 4.32. The van der Waals surface area contributed by atoms with Crippen molar-refractivity contribution in [2.75, 3.05) is 21.3 Å². The molecule has 0 radical (unpaired) electrons. The molecule has 144 valence electrons. The number of phenols is 1. The standard InChI is InChI=1S/C22H19FO5/c1-26-19-11-15(12-20(27-2)22(19)28-3)21(25)17-8-7-14(10-18(17)23)13-5-4-6-16(24)9-13/h4-12,24H,1-3H3. The minimum atomic E-state index is -0.667. The van der Waals surface area contributed by atoms with Gasteiger partial charge in [0.25, 0.3) is 0 Å². The molecule has 0 heterocycles. The maximum absolute atomic E-state index is 14.7. The molecule has 0 amide bonds. The lowest BCUT2D eigenvalue weighted by atomic mass is 9.98. The minimum Gasteiger partial charge on any atom is -0.508 e. The Hall–Kier alpha value is -3.54. The van der Waals surface area contributed by atoms with Crippen molar-refractivity contribution in [3.05, 3.63) is 71.5 Å². The smallest absolute Gasteiger partial charge is 0.203 e. The van der Waals surface area contributed by atoms with Crippen molar-refractivity contribution >= 4 is 5.78 Å². The summed E-state index contributed by atoms with van der Waals surface area (Å²) in [5, 5.41) is 9.59. The van der Waals surface area contributed by atoms with Crippen LogP contribution in [0.25, 0.3) is 11.1 Å². The fourth-order valence-electron chi connectivity index (χ4n) is 2.93. The molecule has 0 unspecified atom stereocenters. The lowest BCUT2D eigenvalue weighted by Crippen LogP contribution is -2.06. The van der Waals surface area contributed by atoms with Gasteiger partial charge in [0.15, 0.2) is 17.3 Å². The largest absolute Gasteiger partial charge is 0.508 e. The maximum atomic E-state index is 14.7. The topological polar surface area (TPSA) is 65.0 Å². The zero-order valence-corrected chi connectivity index (χ0v) is 15.7. The predicted octanol–water partition coefficient (Wildman–Crippen LogP) is 4.46. The van der Waals surface area contributed by atoms with E-state index in [1.807, 2.05) is 0 Å². The summed E-state index contributed by atoms with van der Waals surface area (Å²) in [6.45, 7) is 0. The van der Waals surface area contributed by atoms with Crippen molar-refractivity contribution in [3.8, 4) is 34.1 Å². The first-order chi connectivity index (χ1) is 13.5. The Bertz CT molecular complexity index is 1000. The van der Waals surface area contributed by atoms with Gasteiger partial charge < -0.3 is 19.3 Å². The molecular formula is C22H19FO5. The van der Waals surface area contributed by atoms with Crippen LogP contribution >= 0.6 is 0 Å². The van der Waals surface area contributed by atoms with Crippen molar-refractivity contribution in [1.82, 2.24) is 0 Å². The molecule has 0 aromatic heterocycles. The Morgan fingerprint density at radius 3 is 2.04 bits per heavy atom. The van der Waals surface area contributed by atoms with E-state index < -0.39 is 11.6 Å². The number of ether oxygens (including phenoxy) is 3. The quantitative estimate of drug-likeness (QED) is 0.638. The third-order valence-electron chi connectivity index (χ3n) is 4.32. The van der Waals surface area contributed by atoms with Crippen LogP contribution in [0.15, 0.2) is 54.6 Å². The van der Waals surface area contributed by atoms with Gasteiger partial charge in [0.2, 0.25) is 5.75 Å². The Morgan fingerprint density at radius 2 is 1.50 bits per heavy atom. The van der Waals surface area contributed by atoms with Gasteiger partial charge in [0, 0.05) is 5.56 Å². The number of hydrogen-bond acceptors (Lipinski definition) is 5. The average molecular weight is 382 g/mol. The van der Waals surface area contributed by atoms with Gasteiger partial charge in [-0.05, 0) is 47.5 Å². The monoisotopic (exact) mass is 382 g/mol. The number of aromatic hydroxyl groups is 1. The molecule has 0 saturated carbocycles. The van der Waals surface area contributed by atoms with E-state index in [9.17, 15) is 14.3 Å². The lowest BCUT2D eigenvalue weighted by Gasteiger charge is -2.14. The molecule has 3 aromatic rings. The second-order valence-corrected chi connectivity index (χ2v) is 5.99. The predicted molar refractivity (Wildman–Crippen MR) is 103 cm³/mol. The van der Waals surface area contributed by atoms with Crippen molar-refractivity contribution in [3.63, 3.8) is 0 Å². The highest BCUT2D eigenvalue weighted by Crippen LogP contribution is 2.39. The highest BCUT2D eigenvalue weighted by molar-refractivity contribution is 6.10. The normalized spacial score (nSPS) is 10.4. The van der Waals surface area contributed by atoms with E-state index in [0.29, 0.717) is 28.4 Å². The number of ketones is 1. The average Bonchev–Trinajstić information content (AvgIpc) is 2.72. The first-order valence-electron chi connectivity index (χ1n) is 8.42. The van der Waals surface area contributed by atoms with Crippen molar-refractivity contribution in [1.29, 1.82) is 0 Å². The number of hydrogen-bond donors (Lipinski definition) is 1. The van der Waals surface area contributed by atoms with Gasteiger partial charge in [-0.1, -0.05) is 18.2 Å². The van der Waals surface area contributed by atoms with Crippen LogP contribution in [0.3, 0.4) is 0 Å². The SMILES string of the molecule is COc1cc(C(=O)c2ccc(-c3cccc(O)c3)cc2F)cc(OC)c1OC.